The number of nitrogens with one attached hydrogen (secondary N) is 2. The summed E-state index contributed by atoms with van der Waals surface area (Å²) < 4.78 is 38.6. The van der Waals surface area contributed by atoms with Crippen LogP contribution < -0.4 is 19.5 Å². The van der Waals surface area contributed by atoms with Crippen LogP contribution in [0, 0.1) is 6.92 Å². The number of carbonyl (C=O) groups is 1. The molecule has 0 aliphatic heterocycles. The van der Waals surface area contributed by atoms with Gasteiger partial charge >= 0.3 is 0 Å². The minimum Gasteiger partial charge on any atom is -0.495 e. The Balaban J connectivity index is 1.68. The van der Waals surface area contributed by atoms with Gasteiger partial charge in [-0.1, -0.05) is 30.3 Å². The van der Waals surface area contributed by atoms with Gasteiger partial charge in [-0.25, -0.2) is 8.42 Å². The number of hydrogen-bond acceptors (Lipinski definition) is 5. The fourth-order valence-corrected chi connectivity index (χ4v) is 3.84. The number of sulfonamides is 1. The molecule has 0 bridgehead atoms. The minimum absolute atomic E-state index is 0.00538. The van der Waals surface area contributed by atoms with Crippen LogP contribution in [0.3, 0.4) is 0 Å². The summed E-state index contributed by atoms with van der Waals surface area (Å²) in [5, 5.41) is 2.64. The maximum absolute atomic E-state index is 12.7. The lowest BCUT2D eigenvalue weighted by molar-refractivity contribution is -0.118. The molecule has 0 spiro atoms. The van der Waals surface area contributed by atoms with E-state index in [4.69, 9.17) is 9.47 Å². The van der Waals surface area contributed by atoms with Gasteiger partial charge in [0.05, 0.1) is 17.7 Å². The number of aryl methyl sites for hydroxylation is 1. The molecule has 156 valence electrons. The first-order valence-corrected chi connectivity index (χ1v) is 10.6. The summed E-state index contributed by atoms with van der Waals surface area (Å²) in [5.74, 6) is 0.588. The summed E-state index contributed by atoms with van der Waals surface area (Å²) >= 11 is 0. The Bertz CT molecular complexity index is 1150. The van der Waals surface area contributed by atoms with Crippen LogP contribution in [0.15, 0.2) is 77.7 Å². The molecule has 3 aromatic carbocycles. The largest absolute Gasteiger partial charge is 0.495 e. The summed E-state index contributed by atoms with van der Waals surface area (Å²) in [6.45, 7) is 1.73. The zero-order chi connectivity index (χ0) is 21.6. The normalized spacial score (nSPS) is 10.9. The molecule has 1 amide bonds. The number of benzene rings is 3. The molecule has 30 heavy (non-hydrogen) atoms. The molecule has 0 saturated heterocycles. The van der Waals surface area contributed by atoms with Crippen molar-refractivity contribution >= 4 is 27.3 Å². The first-order valence-electron chi connectivity index (χ1n) is 9.12. The lowest BCUT2D eigenvalue weighted by Gasteiger charge is -2.13. The van der Waals surface area contributed by atoms with E-state index >= 15 is 0 Å². The van der Waals surface area contributed by atoms with Crippen LogP contribution in [0.5, 0.6) is 11.5 Å². The quantitative estimate of drug-likeness (QED) is 0.571. The van der Waals surface area contributed by atoms with E-state index in [2.05, 4.69) is 10.0 Å². The predicted octanol–water partition coefficient (Wildman–Crippen LogP) is 3.82. The topological polar surface area (TPSA) is 93.7 Å². The third kappa shape index (κ3) is 5.51. The van der Waals surface area contributed by atoms with Crippen LogP contribution in [0.2, 0.25) is 0 Å². The average molecular weight is 426 g/mol. The van der Waals surface area contributed by atoms with Crippen LogP contribution >= 0.6 is 0 Å². The number of rotatable bonds is 8. The van der Waals surface area contributed by atoms with E-state index in [1.54, 1.807) is 42.5 Å². The molecule has 0 atom stereocenters. The number of carbonyl (C=O) groups excluding carboxylic acids is 1. The highest BCUT2D eigenvalue weighted by molar-refractivity contribution is 7.92. The number of amides is 1. The smallest absolute Gasteiger partial charge is 0.262 e. The lowest BCUT2D eigenvalue weighted by Crippen LogP contribution is -2.20. The Morgan fingerprint density at radius 2 is 1.73 bits per heavy atom. The van der Waals surface area contributed by atoms with Crippen LogP contribution in [0.25, 0.3) is 0 Å². The van der Waals surface area contributed by atoms with Gasteiger partial charge in [-0.3, -0.25) is 9.52 Å². The summed E-state index contributed by atoms with van der Waals surface area (Å²) in [4.78, 5) is 12.2. The Morgan fingerprint density at radius 3 is 2.50 bits per heavy atom. The van der Waals surface area contributed by atoms with Crippen molar-refractivity contribution < 1.29 is 22.7 Å². The molecule has 0 fully saturated rings. The zero-order valence-corrected chi connectivity index (χ0v) is 17.4. The predicted molar refractivity (Wildman–Crippen MR) is 116 cm³/mol. The van der Waals surface area contributed by atoms with Gasteiger partial charge in [-0.2, -0.15) is 0 Å². The number of methoxy groups -OCH3 is 1. The first kappa shape index (κ1) is 21.2. The van der Waals surface area contributed by atoms with E-state index in [1.165, 1.54) is 19.2 Å². The Labute approximate surface area is 175 Å². The van der Waals surface area contributed by atoms with E-state index in [-0.39, 0.29) is 11.5 Å². The molecule has 8 heteroatoms. The van der Waals surface area contributed by atoms with Crippen molar-refractivity contribution in [2.75, 3.05) is 23.8 Å². The maximum Gasteiger partial charge on any atom is 0.262 e. The number of ether oxygens (including phenoxy) is 2. The lowest BCUT2D eigenvalue weighted by atomic mass is 10.2. The number of anilines is 2. The van der Waals surface area contributed by atoms with Gasteiger partial charge in [0.1, 0.15) is 11.5 Å². The SMILES string of the molecule is COc1ccccc1NS(=O)(=O)c1cccc(NC(=O)COc2cccc(C)c2)c1. The second kappa shape index (κ2) is 9.32. The monoisotopic (exact) mass is 426 g/mol. The number of para-hydroxylation sites is 2. The molecule has 2 N–H and O–H groups in total. The summed E-state index contributed by atoms with van der Waals surface area (Å²) in [7, 11) is -2.42. The molecule has 7 nitrogen and oxygen atoms in total. The molecule has 0 heterocycles. The van der Waals surface area contributed by atoms with E-state index in [0.29, 0.717) is 22.9 Å². The van der Waals surface area contributed by atoms with Gasteiger partial charge < -0.3 is 14.8 Å². The van der Waals surface area contributed by atoms with Gasteiger partial charge in [0.2, 0.25) is 0 Å². The Kier molecular flexibility index (Phi) is 6.58. The maximum atomic E-state index is 12.7. The molecule has 0 aliphatic carbocycles. The highest BCUT2D eigenvalue weighted by Gasteiger charge is 2.17. The van der Waals surface area contributed by atoms with E-state index < -0.39 is 15.9 Å². The van der Waals surface area contributed by atoms with Crippen LogP contribution in [0.4, 0.5) is 11.4 Å². The van der Waals surface area contributed by atoms with Crippen LogP contribution in [-0.2, 0) is 14.8 Å². The molecule has 3 rings (SSSR count). The van der Waals surface area contributed by atoms with Gasteiger partial charge in [0, 0.05) is 5.69 Å². The highest BCUT2D eigenvalue weighted by Crippen LogP contribution is 2.26. The van der Waals surface area contributed by atoms with Crippen molar-refractivity contribution in [3.63, 3.8) is 0 Å². The van der Waals surface area contributed by atoms with Crippen molar-refractivity contribution in [2.45, 2.75) is 11.8 Å². The Hall–Kier alpha value is -3.52. The third-order valence-electron chi connectivity index (χ3n) is 4.14. The molecule has 0 radical (unpaired) electrons. The van der Waals surface area contributed by atoms with Crippen LogP contribution in [-0.4, -0.2) is 28.0 Å². The fourth-order valence-electron chi connectivity index (χ4n) is 2.72. The van der Waals surface area contributed by atoms with E-state index in [9.17, 15) is 13.2 Å². The summed E-state index contributed by atoms with van der Waals surface area (Å²) in [5.41, 5.74) is 1.69. The summed E-state index contributed by atoms with van der Waals surface area (Å²) in [6.07, 6.45) is 0. The second-order valence-corrected chi connectivity index (χ2v) is 8.17. The van der Waals surface area contributed by atoms with Gasteiger partial charge in [-0.15, -0.1) is 0 Å². The van der Waals surface area contributed by atoms with Crippen molar-refractivity contribution in [1.82, 2.24) is 0 Å². The molecule has 0 saturated carbocycles. The molecule has 0 unspecified atom stereocenters. The average Bonchev–Trinajstić information content (AvgIpc) is 2.73. The van der Waals surface area contributed by atoms with Crippen molar-refractivity contribution in [3.8, 4) is 11.5 Å². The number of hydrogen-bond donors (Lipinski definition) is 2. The zero-order valence-electron chi connectivity index (χ0n) is 16.6. The molecular formula is C22H22N2O5S. The van der Waals surface area contributed by atoms with Crippen molar-refractivity contribution in [2.24, 2.45) is 0 Å². The van der Waals surface area contributed by atoms with E-state index in [0.717, 1.165) is 5.56 Å². The fraction of sp³-hybridized carbons (Fsp3) is 0.136. The van der Waals surface area contributed by atoms with Crippen LogP contribution in [0.1, 0.15) is 5.56 Å². The van der Waals surface area contributed by atoms with Crippen molar-refractivity contribution in [3.05, 3.63) is 78.4 Å². The molecule has 0 aliphatic rings. The third-order valence-corrected chi connectivity index (χ3v) is 5.50. The molecular weight excluding hydrogens is 404 g/mol. The molecule has 0 aromatic heterocycles. The Morgan fingerprint density at radius 1 is 0.967 bits per heavy atom. The van der Waals surface area contributed by atoms with Crippen molar-refractivity contribution in [1.29, 1.82) is 0 Å². The minimum atomic E-state index is -3.88. The first-order chi connectivity index (χ1) is 14.4. The van der Waals surface area contributed by atoms with E-state index in [1.807, 2.05) is 25.1 Å². The molecule has 3 aromatic rings. The standard InChI is InChI=1S/C22H22N2O5S/c1-16-7-5-9-18(13-16)29-15-22(25)23-17-8-6-10-19(14-17)30(26,27)24-20-11-3-4-12-21(20)28-2/h3-14,24H,15H2,1-2H3,(H,23,25). The van der Waals surface area contributed by atoms with Gasteiger partial charge in [0.15, 0.2) is 6.61 Å². The van der Waals surface area contributed by atoms with Gasteiger partial charge in [-0.05, 0) is 55.0 Å². The second-order valence-electron chi connectivity index (χ2n) is 6.49. The highest BCUT2D eigenvalue weighted by atomic mass is 32.2. The van der Waals surface area contributed by atoms with Gasteiger partial charge in [0.25, 0.3) is 15.9 Å². The summed E-state index contributed by atoms with van der Waals surface area (Å²) in [6, 6.07) is 20.0.